The van der Waals surface area contributed by atoms with Crippen molar-refractivity contribution in [3.05, 3.63) is 237 Å². The number of anilines is 3. The second-order valence-corrected chi connectivity index (χ2v) is 16.0. The normalized spacial score (nSPS) is 11.5. The van der Waals surface area contributed by atoms with E-state index < -0.39 is 0 Å². The van der Waals surface area contributed by atoms with Gasteiger partial charge in [-0.15, -0.1) is 0 Å². The van der Waals surface area contributed by atoms with Crippen LogP contribution >= 0.6 is 0 Å². The monoisotopic (exact) mass is 789 g/mol. The summed E-state index contributed by atoms with van der Waals surface area (Å²) in [6.07, 6.45) is 0. The van der Waals surface area contributed by atoms with E-state index in [4.69, 9.17) is 4.42 Å². The molecule has 0 aliphatic rings. The zero-order valence-corrected chi connectivity index (χ0v) is 33.9. The smallest absolute Gasteiger partial charge is 0.143 e. The molecule has 0 amide bonds. The lowest BCUT2D eigenvalue weighted by Crippen LogP contribution is -2.14. The summed E-state index contributed by atoms with van der Waals surface area (Å²) in [6.45, 7) is 0. The predicted molar refractivity (Wildman–Crippen MR) is 263 cm³/mol. The molecule has 2 heteroatoms. The van der Waals surface area contributed by atoms with E-state index in [2.05, 4.69) is 235 Å². The van der Waals surface area contributed by atoms with Gasteiger partial charge in [-0.05, 0) is 85.1 Å². The lowest BCUT2D eigenvalue weighted by molar-refractivity contribution is 0.670. The lowest BCUT2D eigenvalue weighted by atomic mass is 9.87. The topological polar surface area (TPSA) is 16.4 Å². The fraction of sp³-hybridized carbons (Fsp3) is 0. The number of hydrogen-bond acceptors (Lipinski definition) is 2. The maximum atomic E-state index is 6.79. The van der Waals surface area contributed by atoms with Gasteiger partial charge in [-0.3, -0.25) is 0 Å². The maximum absolute atomic E-state index is 6.79. The highest BCUT2D eigenvalue weighted by Crippen LogP contribution is 2.53. The van der Waals surface area contributed by atoms with Crippen molar-refractivity contribution in [2.24, 2.45) is 0 Å². The minimum atomic E-state index is 0.877. The van der Waals surface area contributed by atoms with Gasteiger partial charge < -0.3 is 9.32 Å². The molecule has 0 N–H and O–H groups in total. The molecule has 0 atom stereocenters. The van der Waals surface area contributed by atoms with Gasteiger partial charge in [-0.2, -0.15) is 0 Å². The highest BCUT2D eigenvalue weighted by atomic mass is 16.3. The van der Waals surface area contributed by atoms with E-state index in [-0.39, 0.29) is 0 Å². The third-order valence-corrected chi connectivity index (χ3v) is 12.4. The van der Waals surface area contributed by atoms with Crippen molar-refractivity contribution in [2.75, 3.05) is 4.90 Å². The number of fused-ring (bicyclic) bond motifs is 7. The summed E-state index contributed by atoms with van der Waals surface area (Å²) < 4.78 is 6.79. The number of furan rings is 1. The summed E-state index contributed by atoms with van der Waals surface area (Å²) in [6, 6.07) is 85.7. The predicted octanol–water partition coefficient (Wildman–Crippen LogP) is 17.2. The Balaban J connectivity index is 1.27. The van der Waals surface area contributed by atoms with Crippen molar-refractivity contribution < 1.29 is 4.42 Å². The van der Waals surface area contributed by atoms with Crippen LogP contribution in [0.5, 0.6) is 0 Å². The zero-order chi connectivity index (χ0) is 41.0. The average Bonchev–Trinajstić information content (AvgIpc) is 3.74. The van der Waals surface area contributed by atoms with E-state index >= 15 is 0 Å². The van der Waals surface area contributed by atoms with E-state index in [1.165, 1.54) is 38.1 Å². The van der Waals surface area contributed by atoms with Crippen LogP contribution in [0, 0.1) is 0 Å². The van der Waals surface area contributed by atoms with Gasteiger partial charge in [-0.25, -0.2) is 0 Å². The molecule has 290 valence electrons. The Morgan fingerprint density at radius 1 is 0.306 bits per heavy atom. The van der Waals surface area contributed by atoms with Crippen LogP contribution in [0.1, 0.15) is 0 Å². The molecule has 1 heterocycles. The molecule has 0 saturated carbocycles. The lowest BCUT2D eigenvalue weighted by Gasteiger charge is -2.33. The van der Waals surface area contributed by atoms with Crippen LogP contribution in [0.15, 0.2) is 241 Å². The number of benzene rings is 11. The molecule has 0 unspecified atom stereocenters. The first-order valence-corrected chi connectivity index (χ1v) is 21.3. The SMILES string of the molecule is c1ccc(-c2cc(-c3ccccc3)cc(N(c3ccccc3-c3cccc4c3oc3ccccc34)c3c(-c4cccc5ccccc45)c4ccccc4c4ccccc34)c2)cc1. The van der Waals surface area contributed by atoms with Crippen molar-refractivity contribution in [2.45, 2.75) is 0 Å². The van der Waals surface area contributed by atoms with Gasteiger partial charge in [0.05, 0.1) is 11.4 Å². The van der Waals surface area contributed by atoms with Crippen LogP contribution in [0.3, 0.4) is 0 Å². The van der Waals surface area contributed by atoms with Crippen LogP contribution in [0.4, 0.5) is 17.1 Å². The van der Waals surface area contributed by atoms with Gasteiger partial charge in [0.1, 0.15) is 11.2 Å². The number of rotatable bonds is 7. The summed E-state index contributed by atoms with van der Waals surface area (Å²) in [5.74, 6) is 0. The molecule has 11 aromatic carbocycles. The summed E-state index contributed by atoms with van der Waals surface area (Å²) in [4.78, 5) is 2.54. The Hall–Kier alpha value is -8.20. The first kappa shape index (κ1) is 35.7. The molecule has 0 aliphatic heterocycles. The van der Waals surface area contributed by atoms with Crippen molar-refractivity contribution in [1.82, 2.24) is 0 Å². The van der Waals surface area contributed by atoms with Gasteiger partial charge in [0.2, 0.25) is 0 Å². The van der Waals surface area contributed by atoms with Crippen LogP contribution in [-0.4, -0.2) is 0 Å². The molecular weight excluding hydrogens is 751 g/mol. The van der Waals surface area contributed by atoms with E-state index in [1.807, 2.05) is 6.07 Å². The zero-order valence-electron chi connectivity index (χ0n) is 33.9. The van der Waals surface area contributed by atoms with E-state index in [0.717, 1.165) is 77.8 Å². The Bertz CT molecular complexity index is 3580. The molecule has 0 bridgehead atoms. The Kier molecular flexibility index (Phi) is 8.53. The van der Waals surface area contributed by atoms with Gasteiger partial charge >= 0.3 is 0 Å². The third-order valence-electron chi connectivity index (χ3n) is 12.4. The number of nitrogens with zero attached hydrogens (tertiary/aromatic N) is 1. The van der Waals surface area contributed by atoms with E-state index in [0.29, 0.717) is 0 Å². The van der Waals surface area contributed by atoms with E-state index in [1.54, 1.807) is 0 Å². The third kappa shape index (κ3) is 5.88. The van der Waals surface area contributed by atoms with Gasteiger partial charge in [0.15, 0.2) is 0 Å². The van der Waals surface area contributed by atoms with Gasteiger partial charge in [-0.1, -0.05) is 206 Å². The molecule has 0 fully saturated rings. The second kappa shape index (κ2) is 14.8. The molecule has 1 aromatic heterocycles. The average molecular weight is 790 g/mol. The standard InChI is InChI=1S/C60H39NO/c1-3-19-40(20-4-1)43-37-44(41-21-5-2-6-22-41)39-45(38-43)61(56-35-15-13-28-49(56)54-33-18-34-55-50-29-14-16-36-57(50)62-60(54)55)59-53-31-12-10-27-48(53)47-26-9-11-30-52(47)58(59)51-32-17-24-42-23-7-8-25-46(42)51/h1-39H. The van der Waals surface area contributed by atoms with Crippen molar-refractivity contribution in [3.63, 3.8) is 0 Å². The molecule has 12 rings (SSSR count). The molecular formula is C60H39NO. The summed E-state index contributed by atoms with van der Waals surface area (Å²) in [5, 5.41) is 9.41. The highest BCUT2D eigenvalue weighted by molar-refractivity contribution is 6.25. The summed E-state index contributed by atoms with van der Waals surface area (Å²) >= 11 is 0. The highest BCUT2D eigenvalue weighted by Gasteiger charge is 2.28. The van der Waals surface area contributed by atoms with Crippen molar-refractivity contribution in [1.29, 1.82) is 0 Å². The summed E-state index contributed by atoms with van der Waals surface area (Å²) in [7, 11) is 0. The second-order valence-electron chi connectivity index (χ2n) is 16.0. The molecule has 0 spiro atoms. The van der Waals surface area contributed by atoms with Crippen LogP contribution < -0.4 is 4.90 Å². The quantitative estimate of drug-likeness (QED) is 0.150. The number of para-hydroxylation sites is 3. The molecule has 0 radical (unpaired) electrons. The minimum absolute atomic E-state index is 0.877. The Morgan fingerprint density at radius 3 is 1.55 bits per heavy atom. The first-order chi connectivity index (χ1) is 30.8. The largest absolute Gasteiger partial charge is 0.455 e. The van der Waals surface area contributed by atoms with Crippen LogP contribution in [-0.2, 0) is 0 Å². The first-order valence-electron chi connectivity index (χ1n) is 21.3. The molecule has 0 aliphatic carbocycles. The molecule has 12 aromatic rings. The number of hydrogen-bond donors (Lipinski definition) is 0. The summed E-state index contributed by atoms with van der Waals surface area (Å²) in [5.41, 5.74) is 14.0. The minimum Gasteiger partial charge on any atom is -0.455 e. The molecule has 0 saturated heterocycles. The van der Waals surface area contributed by atoms with Crippen molar-refractivity contribution in [3.8, 4) is 44.5 Å². The fourth-order valence-electron chi connectivity index (χ4n) is 9.65. The van der Waals surface area contributed by atoms with Crippen LogP contribution in [0.2, 0.25) is 0 Å². The Labute approximate surface area is 360 Å². The fourth-order valence-corrected chi connectivity index (χ4v) is 9.65. The van der Waals surface area contributed by atoms with Crippen molar-refractivity contribution >= 4 is 71.3 Å². The molecule has 62 heavy (non-hydrogen) atoms. The van der Waals surface area contributed by atoms with Crippen LogP contribution in [0.25, 0.3) is 98.8 Å². The molecule has 2 nitrogen and oxygen atoms in total. The maximum Gasteiger partial charge on any atom is 0.143 e. The van der Waals surface area contributed by atoms with Gasteiger partial charge in [0.25, 0.3) is 0 Å². The van der Waals surface area contributed by atoms with Gasteiger partial charge in [0, 0.05) is 38.5 Å². The Morgan fingerprint density at radius 2 is 0.806 bits per heavy atom. The van der Waals surface area contributed by atoms with E-state index in [9.17, 15) is 0 Å².